The number of halogens is 1. The van der Waals surface area contributed by atoms with Crippen LogP contribution in [-0.2, 0) is 6.42 Å². The molecule has 0 aliphatic heterocycles. The van der Waals surface area contributed by atoms with E-state index < -0.39 is 0 Å². The Morgan fingerprint density at radius 3 is 2.54 bits per heavy atom. The molecule has 3 rings (SSSR count). The lowest BCUT2D eigenvalue weighted by Crippen LogP contribution is -1.95. The second-order valence-corrected chi connectivity index (χ2v) is 9.07. The monoisotopic (exact) mass is 450 g/mol. The van der Waals surface area contributed by atoms with Crippen LogP contribution >= 0.6 is 27.3 Å². The lowest BCUT2D eigenvalue weighted by molar-refractivity contribution is 0.104. The minimum atomic E-state index is -0.136. The molecule has 0 amide bonds. The minimum Gasteiger partial charge on any atom is -0.289 e. The van der Waals surface area contributed by atoms with Crippen molar-refractivity contribution in [2.75, 3.05) is 0 Å². The summed E-state index contributed by atoms with van der Waals surface area (Å²) in [6.45, 7) is 2.20. The summed E-state index contributed by atoms with van der Waals surface area (Å²) in [6.07, 6.45) is 7.62. The normalized spacial score (nSPS) is 14.1. The van der Waals surface area contributed by atoms with Gasteiger partial charge in [-0.25, -0.2) is 0 Å². The average molecular weight is 451 g/mol. The van der Waals surface area contributed by atoms with Gasteiger partial charge in [0.25, 0.3) is 0 Å². The Hall–Kier alpha value is -2.47. The third kappa shape index (κ3) is 4.02. The molecule has 28 heavy (non-hydrogen) atoms. The minimum absolute atomic E-state index is 0.0278. The SMILES string of the molecule is CCCCCCc1cc(/C=C2\C(=O)c3ccccc3C2=C(C#N)C#N)sc1Br. The molecule has 140 valence electrons. The molecular weight excluding hydrogens is 432 g/mol. The van der Waals surface area contributed by atoms with Gasteiger partial charge in [0.05, 0.1) is 3.79 Å². The van der Waals surface area contributed by atoms with E-state index in [9.17, 15) is 15.3 Å². The number of allylic oxidation sites excluding steroid dienone is 3. The first kappa shape index (κ1) is 20.3. The van der Waals surface area contributed by atoms with Crippen molar-refractivity contribution in [2.45, 2.75) is 39.0 Å². The maximum atomic E-state index is 13.0. The first-order valence-corrected chi connectivity index (χ1v) is 10.9. The van der Waals surface area contributed by atoms with Crippen LogP contribution in [0.4, 0.5) is 0 Å². The highest BCUT2D eigenvalue weighted by Crippen LogP contribution is 2.41. The number of unbranched alkanes of at least 4 members (excludes halogenated alkanes) is 3. The Balaban J connectivity index is 2.00. The van der Waals surface area contributed by atoms with E-state index in [1.807, 2.05) is 24.3 Å². The number of carbonyl (C=O) groups is 1. The van der Waals surface area contributed by atoms with Crippen LogP contribution in [0.25, 0.3) is 11.6 Å². The molecule has 3 nitrogen and oxygen atoms in total. The lowest BCUT2D eigenvalue weighted by atomic mass is 9.99. The number of nitrogens with zero attached hydrogens (tertiary/aromatic N) is 2. The van der Waals surface area contributed by atoms with Crippen LogP contribution in [0.15, 0.2) is 45.3 Å². The van der Waals surface area contributed by atoms with Gasteiger partial charge in [-0.15, -0.1) is 11.3 Å². The molecule has 0 saturated heterocycles. The van der Waals surface area contributed by atoms with E-state index in [1.165, 1.54) is 24.8 Å². The number of benzene rings is 1. The zero-order valence-electron chi connectivity index (χ0n) is 15.6. The molecule has 1 aromatic carbocycles. The maximum Gasteiger partial charge on any atom is 0.194 e. The molecule has 1 heterocycles. The van der Waals surface area contributed by atoms with Crippen LogP contribution in [0.3, 0.4) is 0 Å². The molecule has 1 aromatic heterocycles. The van der Waals surface area contributed by atoms with Crippen molar-refractivity contribution in [1.29, 1.82) is 10.5 Å². The van der Waals surface area contributed by atoms with Crippen molar-refractivity contribution in [2.24, 2.45) is 0 Å². The standard InChI is InChI=1S/C23H19BrN2OS/c1-2-3-4-5-8-15-11-17(28-23(15)24)12-20-21(16(13-25)14-26)18-9-6-7-10-19(18)22(20)27/h6-7,9-12H,2-5,8H2,1H3/b20-12-. The molecule has 2 aromatic rings. The topological polar surface area (TPSA) is 64.7 Å². The van der Waals surface area contributed by atoms with Crippen LogP contribution in [0, 0.1) is 22.7 Å². The lowest BCUT2D eigenvalue weighted by Gasteiger charge is -2.01. The molecule has 1 aliphatic rings. The second kappa shape index (κ2) is 9.15. The number of carbonyl (C=O) groups excluding carboxylic acids is 1. The van der Waals surface area contributed by atoms with Gasteiger partial charge in [-0.2, -0.15) is 10.5 Å². The predicted octanol–water partition coefficient (Wildman–Crippen LogP) is 6.71. The third-order valence-corrected chi connectivity index (χ3v) is 6.70. The highest BCUT2D eigenvalue weighted by molar-refractivity contribution is 9.11. The highest BCUT2D eigenvalue weighted by Gasteiger charge is 2.32. The molecule has 0 saturated carbocycles. The summed E-state index contributed by atoms with van der Waals surface area (Å²) < 4.78 is 1.07. The van der Waals surface area contributed by atoms with Crippen molar-refractivity contribution in [1.82, 2.24) is 0 Å². The Morgan fingerprint density at radius 2 is 1.86 bits per heavy atom. The van der Waals surface area contributed by atoms with Gasteiger partial charge in [-0.1, -0.05) is 50.5 Å². The molecule has 0 N–H and O–H groups in total. The van der Waals surface area contributed by atoms with Gasteiger partial charge in [-0.05, 0) is 52.0 Å². The Morgan fingerprint density at radius 1 is 1.14 bits per heavy atom. The number of hydrogen-bond acceptors (Lipinski definition) is 4. The number of hydrogen-bond donors (Lipinski definition) is 0. The summed E-state index contributed by atoms with van der Waals surface area (Å²) in [5, 5.41) is 18.8. The van der Waals surface area contributed by atoms with Gasteiger partial charge in [0.15, 0.2) is 5.78 Å². The van der Waals surface area contributed by atoms with Gasteiger partial charge >= 0.3 is 0 Å². The second-order valence-electron chi connectivity index (χ2n) is 6.66. The zero-order chi connectivity index (χ0) is 20.1. The number of thiophene rings is 1. The molecule has 0 bridgehead atoms. The maximum absolute atomic E-state index is 13.0. The van der Waals surface area contributed by atoms with E-state index >= 15 is 0 Å². The van der Waals surface area contributed by atoms with Crippen LogP contribution in [0.1, 0.15) is 59.0 Å². The van der Waals surface area contributed by atoms with Crippen molar-refractivity contribution >= 4 is 44.7 Å². The first-order chi connectivity index (χ1) is 13.6. The first-order valence-electron chi connectivity index (χ1n) is 9.29. The fourth-order valence-electron chi connectivity index (χ4n) is 3.40. The van der Waals surface area contributed by atoms with E-state index in [1.54, 1.807) is 29.5 Å². The largest absolute Gasteiger partial charge is 0.289 e. The van der Waals surface area contributed by atoms with Gasteiger partial charge < -0.3 is 0 Å². The zero-order valence-corrected chi connectivity index (χ0v) is 18.0. The van der Waals surface area contributed by atoms with Crippen LogP contribution in [0.2, 0.25) is 0 Å². The number of fused-ring (bicyclic) bond motifs is 1. The Labute approximate surface area is 177 Å². The summed E-state index contributed by atoms with van der Waals surface area (Å²) in [5.41, 5.74) is 3.28. The van der Waals surface area contributed by atoms with Crippen LogP contribution in [-0.4, -0.2) is 5.78 Å². The van der Waals surface area contributed by atoms with E-state index in [0.717, 1.165) is 21.5 Å². The molecule has 1 aliphatic carbocycles. The van der Waals surface area contributed by atoms with Gasteiger partial charge in [-0.3, -0.25) is 4.79 Å². The van der Waals surface area contributed by atoms with Crippen molar-refractivity contribution in [3.8, 4) is 12.1 Å². The average Bonchev–Trinajstić information content (AvgIpc) is 3.19. The van der Waals surface area contributed by atoms with Gasteiger partial charge in [0, 0.05) is 21.6 Å². The summed E-state index contributed by atoms with van der Waals surface area (Å²) in [5.74, 6) is -0.136. The van der Waals surface area contributed by atoms with Gasteiger partial charge in [0.1, 0.15) is 17.7 Å². The van der Waals surface area contributed by atoms with Crippen LogP contribution in [0.5, 0.6) is 0 Å². The van der Waals surface area contributed by atoms with E-state index in [2.05, 4.69) is 28.9 Å². The number of nitriles is 2. The smallest absolute Gasteiger partial charge is 0.194 e. The number of rotatable bonds is 6. The van der Waals surface area contributed by atoms with E-state index in [0.29, 0.717) is 22.3 Å². The van der Waals surface area contributed by atoms with Gasteiger partial charge in [0.2, 0.25) is 0 Å². The molecule has 0 radical (unpaired) electrons. The summed E-state index contributed by atoms with van der Waals surface area (Å²) in [7, 11) is 0. The summed E-state index contributed by atoms with van der Waals surface area (Å²) in [6, 6.07) is 13.1. The van der Waals surface area contributed by atoms with Crippen molar-refractivity contribution in [3.05, 3.63) is 66.8 Å². The fraction of sp³-hybridized carbons (Fsp3) is 0.261. The predicted molar refractivity (Wildman–Crippen MR) is 117 cm³/mol. The molecule has 0 unspecified atom stereocenters. The van der Waals surface area contributed by atoms with E-state index in [-0.39, 0.29) is 11.4 Å². The highest BCUT2D eigenvalue weighted by atomic mass is 79.9. The van der Waals surface area contributed by atoms with Crippen molar-refractivity contribution in [3.63, 3.8) is 0 Å². The van der Waals surface area contributed by atoms with E-state index in [4.69, 9.17) is 0 Å². The molecule has 0 fully saturated rings. The summed E-state index contributed by atoms with van der Waals surface area (Å²) >= 11 is 5.21. The number of Topliss-reactive ketones (excluding diaryl/α,β-unsaturated/α-hetero) is 1. The number of ketones is 1. The Bertz CT molecular complexity index is 1050. The number of aryl methyl sites for hydroxylation is 1. The quantitative estimate of drug-likeness (QED) is 0.278. The molecule has 5 heteroatoms. The molecule has 0 spiro atoms. The summed E-state index contributed by atoms with van der Waals surface area (Å²) in [4.78, 5) is 13.9. The molecule has 0 atom stereocenters. The van der Waals surface area contributed by atoms with Crippen molar-refractivity contribution < 1.29 is 4.79 Å². The van der Waals surface area contributed by atoms with Crippen LogP contribution < -0.4 is 0 Å². The Kier molecular flexibility index (Phi) is 6.62. The third-order valence-electron chi connectivity index (χ3n) is 4.79. The molecular formula is C23H19BrN2OS. The fourth-order valence-corrected chi connectivity index (χ4v) is 5.15.